The summed E-state index contributed by atoms with van der Waals surface area (Å²) in [6, 6.07) is 27.4. The number of aryl methyl sites for hydroxylation is 1. The molecule has 2 amide bonds. The topological polar surface area (TPSA) is 43.9 Å². The lowest BCUT2D eigenvalue weighted by Crippen LogP contribution is -2.47. The molecule has 5 heteroatoms. The molecule has 160 valence electrons. The summed E-state index contributed by atoms with van der Waals surface area (Å²) in [5.41, 5.74) is 4.65. The van der Waals surface area contributed by atoms with Crippen molar-refractivity contribution in [3.05, 3.63) is 102 Å². The minimum atomic E-state index is -0.259. The average Bonchev–Trinajstić information content (AvgIpc) is 3.11. The zero-order valence-corrected chi connectivity index (χ0v) is 18.1. The Balaban J connectivity index is 1.49. The van der Waals surface area contributed by atoms with E-state index in [4.69, 9.17) is 0 Å². The summed E-state index contributed by atoms with van der Waals surface area (Å²) >= 11 is 0. The Morgan fingerprint density at radius 2 is 1.16 bits per heavy atom. The van der Waals surface area contributed by atoms with Gasteiger partial charge in [0.1, 0.15) is 5.70 Å². The van der Waals surface area contributed by atoms with Crippen LogP contribution in [0, 0.1) is 6.92 Å². The minimum Gasteiger partial charge on any atom is -0.368 e. The highest BCUT2D eigenvalue weighted by molar-refractivity contribution is 6.45. The fourth-order valence-electron chi connectivity index (χ4n) is 4.43. The van der Waals surface area contributed by atoms with Gasteiger partial charge in [-0.3, -0.25) is 9.59 Å². The zero-order chi connectivity index (χ0) is 22.1. The summed E-state index contributed by atoms with van der Waals surface area (Å²) in [5, 5.41) is 0. The van der Waals surface area contributed by atoms with Gasteiger partial charge in [-0.1, -0.05) is 66.2 Å². The number of hydrogen-bond acceptors (Lipinski definition) is 4. The Hall–Kier alpha value is -3.86. The fourth-order valence-corrected chi connectivity index (χ4v) is 4.43. The van der Waals surface area contributed by atoms with Crippen LogP contribution in [0.2, 0.25) is 0 Å². The number of rotatable bonds is 4. The number of anilines is 2. The van der Waals surface area contributed by atoms with Gasteiger partial charge in [0.05, 0.1) is 11.3 Å². The standard InChI is InChI=1S/C27H25N3O2/c1-20-12-14-23(15-13-20)30-26(31)24(21-8-4-2-5-9-21)25(27(30)32)29-18-16-28(17-19-29)22-10-6-3-7-11-22/h2-15H,16-19H2,1H3. The third kappa shape index (κ3) is 3.56. The number of para-hydroxylation sites is 1. The number of piperazine rings is 1. The normalized spacial score (nSPS) is 16.8. The van der Waals surface area contributed by atoms with Crippen molar-refractivity contribution in [2.24, 2.45) is 0 Å². The molecule has 0 N–H and O–H groups in total. The Labute approximate surface area is 188 Å². The Kier molecular flexibility index (Phi) is 5.23. The van der Waals surface area contributed by atoms with Crippen molar-refractivity contribution in [1.82, 2.24) is 4.90 Å². The van der Waals surface area contributed by atoms with Gasteiger partial charge in [-0.15, -0.1) is 0 Å². The van der Waals surface area contributed by atoms with E-state index >= 15 is 0 Å². The van der Waals surface area contributed by atoms with Gasteiger partial charge in [0.25, 0.3) is 11.8 Å². The molecule has 0 bridgehead atoms. The predicted molar refractivity (Wildman–Crippen MR) is 127 cm³/mol. The largest absolute Gasteiger partial charge is 0.368 e. The van der Waals surface area contributed by atoms with E-state index in [2.05, 4.69) is 21.9 Å². The number of nitrogens with zero attached hydrogens (tertiary/aromatic N) is 3. The summed E-state index contributed by atoms with van der Waals surface area (Å²) in [5.74, 6) is -0.503. The van der Waals surface area contributed by atoms with Gasteiger partial charge in [0, 0.05) is 31.9 Å². The maximum absolute atomic E-state index is 13.6. The number of carbonyl (C=O) groups excluding carboxylic acids is 2. The average molecular weight is 424 g/mol. The van der Waals surface area contributed by atoms with E-state index in [9.17, 15) is 9.59 Å². The van der Waals surface area contributed by atoms with Crippen LogP contribution >= 0.6 is 0 Å². The van der Waals surface area contributed by atoms with E-state index in [-0.39, 0.29) is 11.8 Å². The molecule has 2 aliphatic heterocycles. The number of hydrogen-bond donors (Lipinski definition) is 0. The van der Waals surface area contributed by atoms with E-state index in [0.29, 0.717) is 30.0 Å². The van der Waals surface area contributed by atoms with Crippen molar-refractivity contribution in [2.75, 3.05) is 36.0 Å². The fraction of sp³-hybridized carbons (Fsp3) is 0.185. The summed E-state index contributed by atoms with van der Waals surface area (Å²) in [7, 11) is 0. The van der Waals surface area contributed by atoms with Crippen LogP contribution in [0.3, 0.4) is 0 Å². The highest BCUT2D eigenvalue weighted by atomic mass is 16.2. The van der Waals surface area contributed by atoms with Gasteiger partial charge >= 0.3 is 0 Å². The van der Waals surface area contributed by atoms with Crippen LogP contribution < -0.4 is 9.80 Å². The van der Waals surface area contributed by atoms with E-state index in [1.54, 1.807) is 0 Å². The van der Waals surface area contributed by atoms with Crippen LogP contribution in [0.4, 0.5) is 11.4 Å². The minimum absolute atomic E-state index is 0.245. The first-order valence-corrected chi connectivity index (χ1v) is 10.9. The number of benzene rings is 3. The lowest BCUT2D eigenvalue weighted by atomic mass is 10.0. The number of imide groups is 1. The van der Waals surface area contributed by atoms with Crippen molar-refractivity contribution in [2.45, 2.75) is 6.92 Å². The van der Waals surface area contributed by atoms with Crippen LogP contribution in [0.5, 0.6) is 0 Å². The van der Waals surface area contributed by atoms with Gasteiger partial charge in [-0.25, -0.2) is 4.90 Å². The Morgan fingerprint density at radius 1 is 0.594 bits per heavy atom. The van der Waals surface area contributed by atoms with Crippen LogP contribution in [-0.2, 0) is 9.59 Å². The maximum atomic E-state index is 13.6. The molecule has 0 saturated carbocycles. The molecular formula is C27H25N3O2. The van der Waals surface area contributed by atoms with Crippen molar-refractivity contribution < 1.29 is 9.59 Å². The first-order chi connectivity index (χ1) is 15.6. The zero-order valence-electron chi connectivity index (χ0n) is 18.1. The smallest absolute Gasteiger partial charge is 0.282 e. The monoisotopic (exact) mass is 423 g/mol. The summed E-state index contributed by atoms with van der Waals surface area (Å²) in [6.45, 7) is 4.94. The molecule has 1 fully saturated rings. The molecule has 1 saturated heterocycles. The lowest BCUT2D eigenvalue weighted by Gasteiger charge is -2.37. The van der Waals surface area contributed by atoms with Gasteiger partial charge in [-0.05, 0) is 36.8 Å². The lowest BCUT2D eigenvalue weighted by molar-refractivity contribution is -0.120. The van der Waals surface area contributed by atoms with Gasteiger partial charge in [0.2, 0.25) is 0 Å². The molecule has 0 aromatic heterocycles. The van der Waals surface area contributed by atoms with Gasteiger partial charge in [0.15, 0.2) is 0 Å². The van der Waals surface area contributed by atoms with E-state index in [1.165, 1.54) is 10.6 Å². The van der Waals surface area contributed by atoms with Crippen LogP contribution in [-0.4, -0.2) is 42.9 Å². The molecule has 5 rings (SSSR count). The predicted octanol–water partition coefficient (Wildman–Crippen LogP) is 4.10. The molecule has 0 atom stereocenters. The van der Waals surface area contributed by atoms with E-state index < -0.39 is 0 Å². The van der Waals surface area contributed by atoms with E-state index in [1.807, 2.05) is 79.7 Å². The van der Waals surface area contributed by atoms with Crippen molar-refractivity contribution >= 4 is 28.8 Å². The highest BCUT2D eigenvalue weighted by Gasteiger charge is 2.43. The molecule has 5 nitrogen and oxygen atoms in total. The SMILES string of the molecule is Cc1ccc(N2C(=O)C(c3ccccc3)=C(N3CCN(c4ccccc4)CC3)C2=O)cc1. The summed E-state index contributed by atoms with van der Waals surface area (Å²) in [4.78, 5) is 32.9. The van der Waals surface area contributed by atoms with Crippen molar-refractivity contribution in [3.8, 4) is 0 Å². The summed E-state index contributed by atoms with van der Waals surface area (Å²) < 4.78 is 0. The van der Waals surface area contributed by atoms with Crippen molar-refractivity contribution in [1.29, 1.82) is 0 Å². The second-order valence-electron chi connectivity index (χ2n) is 8.18. The molecule has 0 radical (unpaired) electrons. The summed E-state index contributed by atoms with van der Waals surface area (Å²) in [6.07, 6.45) is 0. The second-order valence-corrected chi connectivity index (χ2v) is 8.18. The van der Waals surface area contributed by atoms with Crippen LogP contribution in [0.15, 0.2) is 90.6 Å². The molecule has 0 unspecified atom stereocenters. The molecule has 2 aliphatic rings. The molecule has 32 heavy (non-hydrogen) atoms. The first-order valence-electron chi connectivity index (χ1n) is 10.9. The second kappa shape index (κ2) is 8.35. The molecular weight excluding hydrogens is 398 g/mol. The quantitative estimate of drug-likeness (QED) is 0.593. The van der Waals surface area contributed by atoms with Gasteiger partial charge in [-0.2, -0.15) is 0 Å². The van der Waals surface area contributed by atoms with Crippen LogP contribution in [0.25, 0.3) is 5.57 Å². The molecule has 2 heterocycles. The highest BCUT2D eigenvalue weighted by Crippen LogP contribution is 2.35. The molecule has 0 spiro atoms. The molecule has 3 aromatic carbocycles. The molecule has 0 aliphatic carbocycles. The van der Waals surface area contributed by atoms with Gasteiger partial charge < -0.3 is 9.80 Å². The maximum Gasteiger partial charge on any atom is 0.282 e. The van der Waals surface area contributed by atoms with Crippen LogP contribution in [0.1, 0.15) is 11.1 Å². The Bertz CT molecular complexity index is 1160. The Morgan fingerprint density at radius 3 is 1.78 bits per heavy atom. The molecule has 3 aromatic rings. The third-order valence-corrected chi connectivity index (χ3v) is 6.13. The van der Waals surface area contributed by atoms with E-state index in [0.717, 1.165) is 24.2 Å². The van der Waals surface area contributed by atoms with Crippen molar-refractivity contribution in [3.63, 3.8) is 0 Å². The first kappa shape index (κ1) is 20.1. The number of amides is 2. The number of carbonyl (C=O) groups is 2. The third-order valence-electron chi connectivity index (χ3n) is 6.13.